The molecule has 0 saturated heterocycles. The van der Waals surface area contributed by atoms with Gasteiger partial charge in [-0.25, -0.2) is 0 Å². The second-order valence-corrected chi connectivity index (χ2v) is 9.01. The van der Waals surface area contributed by atoms with Crippen LogP contribution in [0.25, 0.3) is 10.8 Å². The molecular weight excluding hydrogens is 480 g/mol. The molecule has 7 heteroatoms. The number of fused-ring (bicyclic) bond motifs is 1. The maximum Gasteiger partial charge on any atom is 0.251 e. The van der Waals surface area contributed by atoms with Gasteiger partial charge in [0.2, 0.25) is 5.91 Å². The first-order valence-electron chi connectivity index (χ1n) is 10.7. The van der Waals surface area contributed by atoms with Gasteiger partial charge < -0.3 is 10.6 Å². The molecule has 1 aliphatic carbocycles. The zero-order chi connectivity index (χ0) is 22.8. The molecule has 1 saturated carbocycles. The summed E-state index contributed by atoms with van der Waals surface area (Å²) in [5.41, 5.74) is 3.37. The van der Waals surface area contributed by atoms with Crippen LogP contribution in [-0.2, 0) is 11.3 Å². The van der Waals surface area contributed by atoms with Gasteiger partial charge in [-0.2, -0.15) is 0 Å². The number of pyridine rings is 2. The highest BCUT2D eigenvalue weighted by molar-refractivity contribution is 9.10. The summed E-state index contributed by atoms with van der Waals surface area (Å²) >= 11 is 3.54. The van der Waals surface area contributed by atoms with E-state index in [1.54, 1.807) is 24.8 Å². The summed E-state index contributed by atoms with van der Waals surface area (Å²) < 4.78 is 0.829. The lowest BCUT2D eigenvalue weighted by Crippen LogP contribution is -2.22. The Hall–Kier alpha value is -3.58. The monoisotopic (exact) mass is 500 g/mol. The SMILES string of the molecule is O=C(NCc1cccnc1)c1ccc(C2CC2C(=O)Nc2cc3ccncc3cc2Br)cc1. The van der Waals surface area contributed by atoms with E-state index in [1.807, 2.05) is 54.6 Å². The van der Waals surface area contributed by atoms with Crippen molar-refractivity contribution >= 4 is 44.2 Å². The molecule has 0 bridgehead atoms. The molecule has 2 amide bonds. The van der Waals surface area contributed by atoms with Gasteiger partial charge in [-0.15, -0.1) is 0 Å². The Labute approximate surface area is 199 Å². The number of carbonyl (C=O) groups excluding carboxylic acids is 2. The van der Waals surface area contributed by atoms with Crippen molar-refractivity contribution < 1.29 is 9.59 Å². The Bertz CT molecular complexity index is 1330. The van der Waals surface area contributed by atoms with E-state index in [0.29, 0.717) is 12.1 Å². The largest absolute Gasteiger partial charge is 0.348 e. The van der Waals surface area contributed by atoms with Crippen molar-refractivity contribution in [1.29, 1.82) is 0 Å². The van der Waals surface area contributed by atoms with Gasteiger partial charge in [0, 0.05) is 52.7 Å². The van der Waals surface area contributed by atoms with Gasteiger partial charge in [-0.1, -0.05) is 18.2 Å². The minimum absolute atomic E-state index is 0.00685. The topological polar surface area (TPSA) is 84.0 Å². The normalized spacial score (nSPS) is 16.9. The van der Waals surface area contributed by atoms with Gasteiger partial charge in [0.15, 0.2) is 0 Å². The van der Waals surface area contributed by atoms with E-state index in [-0.39, 0.29) is 23.7 Å². The molecule has 2 heterocycles. The Morgan fingerprint density at radius 1 is 0.970 bits per heavy atom. The minimum Gasteiger partial charge on any atom is -0.348 e. The summed E-state index contributed by atoms with van der Waals surface area (Å²) in [5.74, 6) is -0.0320. The molecule has 6 nitrogen and oxygen atoms in total. The lowest BCUT2D eigenvalue weighted by molar-refractivity contribution is -0.117. The summed E-state index contributed by atoms with van der Waals surface area (Å²) in [6, 6.07) is 17.1. The Morgan fingerprint density at radius 3 is 2.58 bits per heavy atom. The molecule has 2 unspecified atom stereocenters. The number of rotatable bonds is 6. The second-order valence-electron chi connectivity index (χ2n) is 8.16. The average molecular weight is 501 g/mol. The van der Waals surface area contributed by atoms with E-state index in [0.717, 1.165) is 38.5 Å². The third-order valence-corrected chi connectivity index (χ3v) is 6.54. The molecule has 0 aliphatic heterocycles. The van der Waals surface area contributed by atoms with Crippen molar-refractivity contribution in [2.24, 2.45) is 5.92 Å². The van der Waals surface area contributed by atoms with Crippen LogP contribution < -0.4 is 10.6 Å². The van der Waals surface area contributed by atoms with E-state index in [9.17, 15) is 9.59 Å². The van der Waals surface area contributed by atoms with Crippen molar-refractivity contribution in [2.45, 2.75) is 18.9 Å². The third kappa shape index (κ3) is 4.78. The fourth-order valence-corrected chi connectivity index (χ4v) is 4.41. The number of anilines is 1. The van der Waals surface area contributed by atoms with Gasteiger partial charge in [-0.3, -0.25) is 19.6 Å². The molecule has 2 aromatic heterocycles. The van der Waals surface area contributed by atoms with Gasteiger partial charge >= 0.3 is 0 Å². The molecule has 0 spiro atoms. The van der Waals surface area contributed by atoms with Crippen LogP contribution >= 0.6 is 15.9 Å². The number of hydrogen-bond acceptors (Lipinski definition) is 4. The second kappa shape index (κ2) is 9.11. The first kappa shape index (κ1) is 21.3. The highest BCUT2D eigenvalue weighted by Crippen LogP contribution is 2.48. The van der Waals surface area contributed by atoms with Gasteiger partial charge in [-0.05, 0) is 81.2 Å². The van der Waals surface area contributed by atoms with Crippen LogP contribution in [0.2, 0.25) is 0 Å². The summed E-state index contributed by atoms with van der Waals surface area (Å²) in [6.45, 7) is 0.431. The van der Waals surface area contributed by atoms with E-state index in [2.05, 4.69) is 36.5 Å². The molecule has 33 heavy (non-hydrogen) atoms. The summed E-state index contributed by atoms with van der Waals surface area (Å²) in [5, 5.41) is 7.98. The molecule has 1 fully saturated rings. The fraction of sp³-hybridized carbons (Fsp3) is 0.154. The van der Waals surface area contributed by atoms with E-state index >= 15 is 0 Å². The number of benzene rings is 2. The van der Waals surface area contributed by atoms with E-state index in [4.69, 9.17) is 0 Å². The Balaban J connectivity index is 1.19. The van der Waals surface area contributed by atoms with Gasteiger partial charge in [0.1, 0.15) is 0 Å². The lowest BCUT2D eigenvalue weighted by atomic mass is 10.1. The van der Waals surface area contributed by atoms with Crippen LogP contribution in [-0.4, -0.2) is 21.8 Å². The van der Waals surface area contributed by atoms with Crippen LogP contribution in [0.1, 0.15) is 33.8 Å². The summed E-state index contributed by atoms with van der Waals surface area (Å²) in [4.78, 5) is 33.4. The molecule has 5 rings (SSSR count). The average Bonchev–Trinajstić information content (AvgIpc) is 3.65. The van der Waals surface area contributed by atoms with Crippen LogP contribution in [0.3, 0.4) is 0 Å². The molecule has 2 atom stereocenters. The number of nitrogens with zero attached hydrogens (tertiary/aromatic N) is 2. The number of carbonyl (C=O) groups is 2. The van der Waals surface area contributed by atoms with Crippen molar-refractivity contribution in [3.8, 4) is 0 Å². The van der Waals surface area contributed by atoms with Gasteiger partial charge in [0.25, 0.3) is 5.91 Å². The van der Waals surface area contributed by atoms with Gasteiger partial charge in [0.05, 0.1) is 5.69 Å². The highest BCUT2D eigenvalue weighted by atomic mass is 79.9. The maximum absolute atomic E-state index is 12.8. The van der Waals surface area contributed by atoms with Crippen molar-refractivity contribution in [3.05, 3.63) is 101 Å². The highest BCUT2D eigenvalue weighted by Gasteiger charge is 2.44. The quantitative estimate of drug-likeness (QED) is 0.387. The first-order valence-corrected chi connectivity index (χ1v) is 11.5. The number of amides is 2. The van der Waals surface area contributed by atoms with Crippen LogP contribution in [0.15, 0.2) is 83.9 Å². The molecule has 2 aromatic carbocycles. The van der Waals surface area contributed by atoms with Crippen molar-refractivity contribution in [2.75, 3.05) is 5.32 Å². The zero-order valence-electron chi connectivity index (χ0n) is 17.7. The minimum atomic E-state index is -0.133. The third-order valence-electron chi connectivity index (χ3n) is 5.89. The van der Waals surface area contributed by atoms with Crippen molar-refractivity contribution in [3.63, 3.8) is 0 Å². The molecular formula is C26H21BrN4O2. The first-order chi connectivity index (χ1) is 16.1. The lowest BCUT2D eigenvalue weighted by Gasteiger charge is -2.09. The zero-order valence-corrected chi connectivity index (χ0v) is 19.2. The summed E-state index contributed by atoms with van der Waals surface area (Å²) in [7, 11) is 0. The predicted molar refractivity (Wildman–Crippen MR) is 131 cm³/mol. The van der Waals surface area contributed by atoms with Crippen LogP contribution in [0, 0.1) is 5.92 Å². The number of aromatic nitrogens is 2. The van der Waals surface area contributed by atoms with E-state index < -0.39 is 0 Å². The number of hydrogen-bond donors (Lipinski definition) is 2. The smallest absolute Gasteiger partial charge is 0.251 e. The Morgan fingerprint density at radius 2 is 1.79 bits per heavy atom. The standard InChI is InChI=1S/C26H21BrN4O2/c27-23-10-20-15-29-9-7-19(20)11-24(23)31-26(33)22-12-21(22)17-3-5-18(6-4-17)25(32)30-14-16-2-1-8-28-13-16/h1-11,13,15,21-22H,12,14H2,(H,30,32)(H,31,33). The van der Waals surface area contributed by atoms with Crippen molar-refractivity contribution in [1.82, 2.24) is 15.3 Å². The molecule has 0 radical (unpaired) electrons. The van der Waals surface area contributed by atoms with Crippen LogP contribution in [0.4, 0.5) is 5.69 Å². The molecule has 4 aromatic rings. The fourth-order valence-electron chi connectivity index (χ4n) is 3.95. The molecule has 164 valence electrons. The molecule has 1 aliphatic rings. The summed E-state index contributed by atoms with van der Waals surface area (Å²) in [6.07, 6.45) is 7.77. The Kier molecular flexibility index (Phi) is 5.88. The maximum atomic E-state index is 12.8. The predicted octanol–water partition coefficient (Wildman–Crippen LogP) is 5.06. The number of nitrogens with one attached hydrogen (secondary N) is 2. The van der Waals surface area contributed by atoms with Crippen LogP contribution in [0.5, 0.6) is 0 Å². The number of halogens is 1. The van der Waals surface area contributed by atoms with E-state index in [1.165, 1.54) is 0 Å². The molecule has 2 N–H and O–H groups in total.